The highest BCUT2D eigenvalue weighted by Crippen LogP contribution is 2.25. The van der Waals surface area contributed by atoms with Gasteiger partial charge in [-0.15, -0.1) is 0 Å². The Morgan fingerprint density at radius 1 is 1.11 bits per heavy atom. The van der Waals surface area contributed by atoms with Gasteiger partial charge < -0.3 is 10.8 Å². The van der Waals surface area contributed by atoms with E-state index < -0.39 is 11.9 Å². The van der Waals surface area contributed by atoms with Crippen LogP contribution >= 0.6 is 0 Å². The van der Waals surface area contributed by atoms with Crippen LogP contribution in [-0.4, -0.2) is 11.1 Å². The van der Waals surface area contributed by atoms with Crippen molar-refractivity contribution in [1.82, 2.24) is 0 Å². The SMILES string of the molecule is CC(C(=O)O)c1cccc(-c2cccc(N)c2)c1. The average Bonchev–Trinajstić information content (AvgIpc) is 2.38. The van der Waals surface area contributed by atoms with E-state index in [0.29, 0.717) is 5.69 Å². The minimum absolute atomic E-state index is 0.508. The summed E-state index contributed by atoms with van der Waals surface area (Å²) in [6.07, 6.45) is 0. The number of anilines is 1. The maximum Gasteiger partial charge on any atom is 0.310 e. The number of hydrogen-bond donors (Lipinski definition) is 2. The van der Waals surface area contributed by atoms with E-state index in [1.54, 1.807) is 6.92 Å². The Bertz CT molecular complexity index is 578. The van der Waals surface area contributed by atoms with Gasteiger partial charge in [0.25, 0.3) is 0 Å². The molecule has 92 valence electrons. The molecule has 0 heterocycles. The van der Waals surface area contributed by atoms with Crippen molar-refractivity contribution in [2.24, 2.45) is 0 Å². The summed E-state index contributed by atoms with van der Waals surface area (Å²) in [5, 5.41) is 9.02. The summed E-state index contributed by atoms with van der Waals surface area (Å²) in [6, 6.07) is 15.1. The summed E-state index contributed by atoms with van der Waals surface area (Å²) >= 11 is 0. The van der Waals surface area contributed by atoms with Crippen LogP contribution in [0.4, 0.5) is 5.69 Å². The molecule has 2 aromatic rings. The lowest BCUT2D eigenvalue weighted by atomic mass is 9.96. The molecule has 1 atom stereocenters. The molecule has 0 aliphatic carbocycles. The zero-order valence-corrected chi connectivity index (χ0v) is 10.1. The summed E-state index contributed by atoms with van der Waals surface area (Å²) in [6.45, 7) is 1.68. The minimum Gasteiger partial charge on any atom is -0.481 e. The molecule has 2 aromatic carbocycles. The first kappa shape index (κ1) is 12.2. The van der Waals surface area contributed by atoms with Gasteiger partial charge in [0.2, 0.25) is 0 Å². The molecule has 0 aromatic heterocycles. The first-order chi connectivity index (χ1) is 8.58. The minimum atomic E-state index is -0.820. The summed E-state index contributed by atoms with van der Waals surface area (Å²) in [5.41, 5.74) is 9.21. The number of carbonyl (C=O) groups is 1. The molecule has 0 aliphatic rings. The molecule has 0 radical (unpaired) electrons. The summed E-state index contributed by atoms with van der Waals surface area (Å²) in [5.74, 6) is -1.33. The van der Waals surface area contributed by atoms with E-state index in [0.717, 1.165) is 16.7 Å². The lowest BCUT2D eigenvalue weighted by Crippen LogP contribution is -2.07. The number of carboxylic acid groups (broad SMARTS) is 1. The smallest absolute Gasteiger partial charge is 0.310 e. The molecule has 0 saturated carbocycles. The van der Waals surface area contributed by atoms with E-state index in [9.17, 15) is 4.79 Å². The molecule has 0 aliphatic heterocycles. The number of carboxylic acids is 1. The molecule has 0 bridgehead atoms. The Kier molecular flexibility index (Phi) is 3.33. The van der Waals surface area contributed by atoms with Crippen LogP contribution in [0, 0.1) is 0 Å². The van der Waals surface area contributed by atoms with Crippen molar-refractivity contribution in [3.8, 4) is 11.1 Å². The van der Waals surface area contributed by atoms with Gasteiger partial charge >= 0.3 is 5.97 Å². The molecular formula is C15H15NO2. The second-order valence-corrected chi connectivity index (χ2v) is 4.31. The summed E-state index contributed by atoms with van der Waals surface area (Å²) in [7, 11) is 0. The van der Waals surface area contributed by atoms with Gasteiger partial charge in [0, 0.05) is 5.69 Å². The number of rotatable bonds is 3. The van der Waals surface area contributed by atoms with Crippen LogP contribution in [0.1, 0.15) is 18.4 Å². The van der Waals surface area contributed by atoms with Gasteiger partial charge in [-0.25, -0.2) is 0 Å². The largest absolute Gasteiger partial charge is 0.481 e. The van der Waals surface area contributed by atoms with Crippen LogP contribution in [-0.2, 0) is 4.79 Å². The van der Waals surface area contributed by atoms with Crippen molar-refractivity contribution in [3.05, 3.63) is 54.1 Å². The van der Waals surface area contributed by atoms with E-state index in [4.69, 9.17) is 10.8 Å². The Morgan fingerprint density at radius 2 is 1.72 bits per heavy atom. The van der Waals surface area contributed by atoms with E-state index in [-0.39, 0.29) is 0 Å². The summed E-state index contributed by atoms with van der Waals surface area (Å²) < 4.78 is 0. The molecule has 0 fully saturated rings. The van der Waals surface area contributed by atoms with Gasteiger partial charge in [0.15, 0.2) is 0 Å². The fraction of sp³-hybridized carbons (Fsp3) is 0.133. The van der Waals surface area contributed by atoms with Crippen LogP contribution in [0.2, 0.25) is 0 Å². The third-order valence-corrected chi connectivity index (χ3v) is 2.98. The zero-order valence-electron chi connectivity index (χ0n) is 10.1. The van der Waals surface area contributed by atoms with Crippen LogP contribution in [0.25, 0.3) is 11.1 Å². The molecule has 3 heteroatoms. The van der Waals surface area contributed by atoms with Crippen LogP contribution in [0.15, 0.2) is 48.5 Å². The van der Waals surface area contributed by atoms with Gasteiger partial charge in [0.05, 0.1) is 5.92 Å². The molecule has 0 saturated heterocycles. The fourth-order valence-electron chi connectivity index (χ4n) is 1.85. The molecular weight excluding hydrogens is 226 g/mol. The van der Waals surface area contributed by atoms with Crippen molar-refractivity contribution >= 4 is 11.7 Å². The second-order valence-electron chi connectivity index (χ2n) is 4.31. The first-order valence-electron chi connectivity index (χ1n) is 5.76. The maximum atomic E-state index is 11.0. The molecule has 3 nitrogen and oxygen atoms in total. The van der Waals surface area contributed by atoms with Crippen LogP contribution in [0.3, 0.4) is 0 Å². The van der Waals surface area contributed by atoms with Gasteiger partial charge in [0.1, 0.15) is 0 Å². The lowest BCUT2D eigenvalue weighted by Gasteiger charge is -2.09. The third-order valence-electron chi connectivity index (χ3n) is 2.98. The molecule has 3 N–H and O–H groups in total. The van der Waals surface area contributed by atoms with Crippen molar-refractivity contribution in [3.63, 3.8) is 0 Å². The quantitative estimate of drug-likeness (QED) is 0.811. The molecule has 0 spiro atoms. The van der Waals surface area contributed by atoms with Gasteiger partial charge in [-0.3, -0.25) is 4.79 Å². The topological polar surface area (TPSA) is 63.3 Å². The maximum absolute atomic E-state index is 11.0. The van der Waals surface area contributed by atoms with Crippen molar-refractivity contribution < 1.29 is 9.90 Å². The highest BCUT2D eigenvalue weighted by molar-refractivity contribution is 5.77. The number of hydrogen-bond acceptors (Lipinski definition) is 2. The average molecular weight is 241 g/mol. The predicted octanol–water partition coefficient (Wildman–Crippen LogP) is 3.12. The first-order valence-corrected chi connectivity index (χ1v) is 5.76. The van der Waals surface area contributed by atoms with E-state index in [1.165, 1.54) is 0 Å². The highest BCUT2D eigenvalue weighted by atomic mass is 16.4. The highest BCUT2D eigenvalue weighted by Gasteiger charge is 2.13. The summed E-state index contributed by atoms with van der Waals surface area (Å²) in [4.78, 5) is 11.0. The Morgan fingerprint density at radius 3 is 2.33 bits per heavy atom. The predicted molar refractivity (Wildman–Crippen MR) is 72.3 cm³/mol. The lowest BCUT2D eigenvalue weighted by molar-refractivity contribution is -0.138. The normalized spacial score (nSPS) is 12.1. The Hall–Kier alpha value is -2.29. The van der Waals surface area contributed by atoms with E-state index in [1.807, 2.05) is 48.5 Å². The fourth-order valence-corrected chi connectivity index (χ4v) is 1.85. The van der Waals surface area contributed by atoms with Crippen molar-refractivity contribution in [2.45, 2.75) is 12.8 Å². The van der Waals surface area contributed by atoms with Crippen molar-refractivity contribution in [2.75, 3.05) is 5.73 Å². The van der Waals surface area contributed by atoms with Gasteiger partial charge in [-0.05, 0) is 35.7 Å². The molecule has 0 amide bonds. The van der Waals surface area contributed by atoms with E-state index in [2.05, 4.69) is 0 Å². The Balaban J connectivity index is 2.41. The molecule has 2 rings (SSSR count). The van der Waals surface area contributed by atoms with Crippen LogP contribution < -0.4 is 5.73 Å². The van der Waals surface area contributed by atoms with Crippen LogP contribution in [0.5, 0.6) is 0 Å². The molecule has 1 unspecified atom stereocenters. The number of benzene rings is 2. The third kappa shape index (κ3) is 2.51. The zero-order chi connectivity index (χ0) is 13.1. The number of nitrogen functional groups attached to an aromatic ring is 1. The second kappa shape index (κ2) is 4.92. The number of aliphatic carboxylic acids is 1. The van der Waals surface area contributed by atoms with Gasteiger partial charge in [-0.1, -0.05) is 36.4 Å². The molecule has 18 heavy (non-hydrogen) atoms. The number of nitrogens with two attached hydrogens (primary N) is 1. The monoisotopic (exact) mass is 241 g/mol. The van der Waals surface area contributed by atoms with Gasteiger partial charge in [-0.2, -0.15) is 0 Å². The van der Waals surface area contributed by atoms with E-state index >= 15 is 0 Å². The van der Waals surface area contributed by atoms with Crippen molar-refractivity contribution in [1.29, 1.82) is 0 Å². The standard InChI is InChI=1S/C15H15NO2/c1-10(15(17)18)11-4-2-5-12(8-11)13-6-3-7-14(16)9-13/h2-10H,16H2,1H3,(H,17,18). The Labute approximate surface area is 106 Å².